The molecular formula is C41H43FN6O5Si. The summed E-state index contributed by atoms with van der Waals surface area (Å²) in [6, 6.07) is 30.1. The number of rotatable bonds is 11. The summed E-state index contributed by atoms with van der Waals surface area (Å²) in [7, 11) is -1.84. The lowest BCUT2D eigenvalue weighted by molar-refractivity contribution is -0.146. The molecular weight excluding hydrogens is 704 g/mol. The molecule has 4 aromatic carbocycles. The maximum absolute atomic E-state index is 16.5. The van der Waals surface area contributed by atoms with Gasteiger partial charge in [0.15, 0.2) is 5.60 Å². The Balaban J connectivity index is 1.10. The standard InChI is InChI=1S/C41H43FN6O5Si/c1-26-38(54(3,4)42)37(19-20-46-24-35(43-45-46)32(25-49)28-12-6-5-7-13-28)53-41(26)33-22-30(52-2)17-18-36(33)47(40(41)51)23-27-11-10-14-29(21-27)48-39(50)31-15-8-9-16-34(31)44-48/h5-18,21-22,24,26,32,37-38,44,49H,19-20,23,25H2,1-4H3/t26-,32?,37+,38-,41+/m0/s1. The van der Waals surface area contributed by atoms with Crippen molar-refractivity contribution in [2.75, 3.05) is 18.6 Å². The Bertz CT molecular complexity index is 2390. The largest absolute Gasteiger partial charge is 0.497 e. The highest BCUT2D eigenvalue weighted by Crippen LogP contribution is 2.60. The SMILES string of the molecule is COc1ccc2c(c1)[C@@]1(O[C@H](CCn3cc(C(CO)c4ccccc4)nn3)[C@@H]([Si](C)(C)F)[C@@H]1C)C(=O)N2Cc1cccc(-n2[nH]c3ccccc3c2=O)c1. The predicted octanol–water partition coefficient (Wildman–Crippen LogP) is 6.46. The summed E-state index contributed by atoms with van der Waals surface area (Å²) < 4.78 is 32.3. The molecule has 0 saturated carbocycles. The first-order valence-electron chi connectivity index (χ1n) is 18.3. The van der Waals surface area contributed by atoms with Crippen molar-refractivity contribution >= 4 is 30.9 Å². The number of amides is 1. The Morgan fingerprint density at radius 3 is 2.54 bits per heavy atom. The van der Waals surface area contributed by atoms with Gasteiger partial charge in [-0.3, -0.25) is 19.4 Å². The first-order chi connectivity index (χ1) is 26.0. The molecule has 1 fully saturated rings. The average Bonchev–Trinajstić information content (AvgIpc) is 3.91. The van der Waals surface area contributed by atoms with Crippen LogP contribution in [0.3, 0.4) is 0 Å². The normalized spacial score (nSPS) is 21.6. The van der Waals surface area contributed by atoms with Crippen LogP contribution in [0.15, 0.2) is 108 Å². The second kappa shape index (κ2) is 13.8. The van der Waals surface area contributed by atoms with Crippen LogP contribution < -0.4 is 15.2 Å². The van der Waals surface area contributed by atoms with Crippen LogP contribution in [0.4, 0.5) is 9.80 Å². The average molecular weight is 747 g/mol. The number of carbonyl (C=O) groups is 1. The molecule has 13 heteroatoms. The van der Waals surface area contributed by atoms with E-state index in [4.69, 9.17) is 9.47 Å². The number of benzene rings is 4. The minimum absolute atomic E-state index is 0.120. The van der Waals surface area contributed by atoms with Crippen molar-refractivity contribution < 1.29 is 23.5 Å². The predicted molar refractivity (Wildman–Crippen MR) is 206 cm³/mol. The van der Waals surface area contributed by atoms with Crippen LogP contribution in [0.1, 0.15) is 41.6 Å². The Morgan fingerprint density at radius 1 is 1.02 bits per heavy atom. The molecule has 2 aromatic heterocycles. The lowest BCUT2D eigenvalue weighted by Crippen LogP contribution is -2.45. The number of hydrogen-bond donors (Lipinski definition) is 2. The number of para-hydroxylation sites is 1. The van der Waals surface area contributed by atoms with E-state index in [-0.39, 0.29) is 30.5 Å². The number of ether oxygens (including phenoxy) is 2. The summed E-state index contributed by atoms with van der Waals surface area (Å²) in [5, 5.41) is 22.7. The zero-order valence-corrected chi connectivity index (χ0v) is 31.6. The lowest BCUT2D eigenvalue weighted by atomic mass is 9.82. The minimum atomic E-state index is -3.42. The summed E-state index contributed by atoms with van der Waals surface area (Å²) >= 11 is 0. The molecule has 1 spiro atoms. The topological polar surface area (TPSA) is 127 Å². The number of nitrogens with one attached hydrogen (secondary N) is 1. The van der Waals surface area contributed by atoms with Crippen LogP contribution in [-0.2, 0) is 28.2 Å². The number of halogens is 1. The van der Waals surface area contributed by atoms with Crippen molar-refractivity contribution in [1.29, 1.82) is 0 Å². The number of H-pyrrole nitrogens is 1. The highest BCUT2D eigenvalue weighted by Gasteiger charge is 2.66. The van der Waals surface area contributed by atoms with Gasteiger partial charge in [0, 0.05) is 29.8 Å². The highest BCUT2D eigenvalue weighted by molar-refractivity contribution is 6.72. The van der Waals surface area contributed by atoms with E-state index in [0.717, 1.165) is 16.6 Å². The van der Waals surface area contributed by atoms with Gasteiger partial charge in [0.25, 0.3) is 11.5 Å². The van der Waals surface area contributed by atoms with Crippen molar-refractivity contribution in [3.63, 3.8) is 0 Å². The van der Waals surface area contributed by atoms with E-state index in [9.17, 15) is 9.90 Å². The van der Waals surface area contributed by atoms with Gasteiger partial charge in [-0.25, -0.2) is 4.68 Å². The third-order valence-corrected chi connectivity index (χ3v) is 13.7. The van der Waals surface area contributed by atoms with Gasteiger partial charge in [-0.05, 0) is 73.1 Å². The van der Waals surface area contributed by atoms with Crippen LogP contribution in [0.5, 0.6) is 5.75 Å². The number of nitrogens with zero attached hydrogens (tertiary/aromatic N) is 5. The second-order valence-corrected chi connectivity index (χ2v) is 18.6. The fraction of sp³-hybridized carbons (Fsp3) is 0.317. The van der Waals surface area contributed by atoms with Gasteiger partial charge in [0.1, 0.15) is 5.75 Å². The van der Waals surface area contributed by atoms with Crippen LogP contribution in [0.25, 0.3) is 16.6 Å². The summed E-state index contributed by atoms with van der Waals surface area (Å²) in [4.78, 5) is 30.0. The third-order valence-electron chi connectivity index (χ3n) is 11.2. The molecule has 2 aliphatic rings. The number of methoxy groups -OCH3 is 1. The van der Waals surface area contributed by atoms with Gasteiger partial charge in [0.05, 0.1) is 60.3 Å². The number of hydrogen-bond acceptors (Lipinski definition) is 7. The second-order valence-electron chi connectivity index (χ2n) is 14.9. The number of aliphatic hydroxyl groups excluding tert-OH is 1. The summed E-state index contributed by atoms with van der Waals surface area (Å²) in [6.45, 7) is 5.78. The van der Waals surface area contributed by atoms with Crippen LogP contribution in [0, 0.1) is 5.92 Å². The van der Waals surface area contributed by atoms with Gasteiger partial charge in [-0.1, -0.05) is 66.7 Å². The van der Waals surface area contributed by atoms with Gasteiger partial charge in [0.2, 0.25) is 8.41 Å². The number of fused-ring (bicyclic) bond motifs is 3. The van der Waals surface area contributed by atoms with E-state index in [1.807, 2.05) is 104 Å². The van der Waals surface area contributed by atoms with Crippen LogP contribution in [0.2, 0.25) is 18.6 Å². The number of aromatic nitrogens is 5. The van der Waals surface area contributed by atoms with Gasteiger partial charge >= 0.3 is 0 Å². The molecule has 0 radical (unpaired) electrons. The first kappa shape index (κ1) is 35.6. The Hall–Kier alpha value is -5.37. The van der Waals surface area contributed by atoms with Crippen LogP contribution in [-0.4, -0.2) is 64.0 Å². The molecule has 1 amide bonds. The van der Waals surface area contributed by atoms with E-state index in [2.05, 4.69) is 15.4 Å². The van der Waals surface area contributed by atoms with Gasteiger partial charge in [-0.15, -0.1) is 5.10 Å². The fourth-order valence-corrected chi connectivity index (χ4v) is 11.2. The minimum Gasteiger partial charge on any atom is -0.497 e. The molecule has 2 aliphatic heterocycles. The zero-order chi connectivity index (χ0) is 37.8. The molecule has 4 heterocycles. The van der Waals surface area contributed by atoms with E-state index in [1.165, 1.54) is 4.68 Å². The monoisotopic (exact) mass is 746 g/mol. The van der Waals surface area contributed by atoms with E-state index >= 15 is 8.90 Å². The van der Waals surface area contributed by atoms with Crippen LogP contribution >= 0.6 is 0 Å². The van der Waals surface area contributed by atoms with Crippen molar-refractivity contribution in [3.05, 3.63) is 136 Å². The molecule has 6 aromatic rings. The molecule has 54 heavy (non-hydrogen) atoms. The van der Waals surface area contributed by atoms with E-state index < -0.39 is 31.6 Å². The Labute approximate surface area is 313 Å². The molecule has 0 bridgehead atoms. The molecule has 8 rings (SSSR count). The maximum atomic E-state index is 16.5. The van der Waals surface area contributed by atoms with Gasteiger partial charge < -0.3 is 23.6 Å². The van der Waals surface area contributed by atoms with E-state index in [0.29, 0.717) is 46.7 Å². The van der Waals surface area contributed by atoms with Crippen molar-refractivity contribution in [2.45, 2.75) is 62.7 Å². The molecule has 1 unspecified atom stereocenters. The van der Waals surface area contributed by atoms with Crippen molar-refractivity contribution in [3.8, 4) is 11.4 Å². The quantitative estimate of drug-likeness (QED) is 0.115. The molecule has 1 saturated heterocycles. The molecule has 5 atom stereocenters. The third kappa shape index (κ3) is 5.96. The number of aromatic amines is 1. The summed E-state index contributed by atoms with van der Waals surface area (Å²) in [6.07, 6.45) is 1.64. The zero-order valence-electron chi connectivity index (χ0n) is 30.6. The number of anilines is 1. The van der Waals surface area contributed by atoms with Gasteiger partial charge in [-0.2, -0.15) is 0 Å². The van der Waals surface area contributed by atoms with E-state index in [1.54, 1.807) is 35.9 Å². The number of aryl methyl sites for hydroxylation is 1. The highest BCUT2D eigenvalue weighted by atomic mass is 28.4. The lowest BCUT2D eigenvalue weighted by Gasteiger charge is -2.31. The fourth-order valence-electron chi connectivity index (χ4n) is 8.69. The number of aliphatic hydroxyl groups is 1. The van der Waals surface area contributed by atoms with Crippen molar-refractivity contribution in [2.24, 2.45) is 5.92 Å². The number of carbonyl (C=O) groups excluding carboxylic acids is 1. The maximum Gasteiger partial charge on any atom is 0.279 e. The Morgan fingerprint density at radius 2 is 1.80 bits per heavy atom. The molecule has 0 aliphatic carbocycles. The smallest absolute Gasteiger partial charge is 0.279 e. The molecule has 11 nitrogen and oxygen atoms in total. The summed E-state index contributed by atoms with van der Waals surface area (Å²) in [5.74, 6) is -0.498. The Kier molecular flexibility index (Phi) is 9.11. The van der Waals surface area contributed by atoms with Crippen molar-refractivity contribution in [1.82, 2.24) is 24.8 Å². The molecule has 278 valence electrons. The summed E-state index contributed by atoms with van der Waals surface area (Å²) in [5.41, 5.74) is 2.98. The molecule has 2 N–H and O–H groups in total. The first-order valence-corrected chi connectivity index (χ1v) is 21.2.